The van der Waals surface area contributed by atoms with Gasteiger partial charge < -0.3 is 0 Å². The number of nitrogens with zero attached hydrogens (tertiary/aromatic N) is 2. The monoisotopic (exact) mass is 247 g/mol. The molecule has 0 aliphatic carbocycles. The van der Waals surface area contributed by atoms with Gasteiger partial charge in [0.05, 0.1) is 5.71 Å². The predicted octanol–water partition coefficient (Wildman–Crippen LogP) is 3.90. The number of hydrazone groups is 1. The van der Waals surface area contributed by atoms with E-state index in [1.54, 1.807) is 0 Å². The molecule has 0 spiro atoms. The first-order valence-electron chi connectivity index (χ1n) is 6.36. The molecular weight excluding hydrogens is 222 g/mol. The lowest BCUT2D eigenvalue weighted by Gasteiger charge is -2.20. The molecule has 0 saturated carbocycles. The normalized spacial score (nSPS) is 21.2. The summed E-state index contributed by atoms with van der Waals surface area (Å²) in [5.41, 5.74) is 5.99. The lowest BCUT2D eigenvalue weighted by Crippen LogP contribution is -2.23. The van der Waals surface area contributed by atoms with Crippen molar-refractivity contribution >= 4 is 11.5 Å². The van der Waals surface area contributed by atoms with E-state index in [2.05, 4.69) is 69.7 Å². The summed E-state index contributed by atoms with van der Waals surface area (Å²) in [6.07, 6.45) is 2.05. The second kappa shape index (κ2) is 4.71. The molecule has 0 radical (unpaired) electrons. The molecule has 1 N–H and O–H groups in total. The number of rotatable bonds is 1. The highest BCUT2D eigenvalue weighted by Crippen LogP contribution is 2.28. The van der Waals surface area contributed by atoms with Crippen molar-refractivity contribution in [1.82, 2.24) is 5.43 Å². The number of amidine groups is 1. The topological polar surface area (TPSA) is 36.8 Å². The molecule has 1 aliphatic heterocycles. The number of hydrogen-bond acceptors (Lipinski definition) is 2. The fraction of sp³-hybridized carbons (Fsp3) is 0.600. The van der Waals surface area contributed by atoms with Gasteiger partial charge in [0.2, 0.25) is 0 Å². The average Bonchev–Trinajstić information content (AvgIpc) is 2.58. The number of hydrogen-bond donors (Lipinski definition) is 1. The van der Waals surface area contributed by atoms with Crippen molar-refractivity contribution in [2.75, 3.05) is 0 Å². The first-order chi connectivity index (χ1) is 8.07. The van der Waals surface area contributed by atoms with Gasteiger partial charge in [0, 0.05) is 22.1 Å². The van der Waals surface area contributed by atoms with Crippen LogP contribution in [0.4, 0.5) is 0 Å². The minimum Gasteiger partial charge on any atom is -0.261 e. The van der Waals surface area contributed by atoms with Crippen LogP contribution in [0.25, 0.3) is 0 Å². The van der Waals surface area contributed by atoms with Crippen LogP contribution in [0.5, 0.6) is 0 Å². The molecule has 3 nitrogen and oxygen atoms in total. The lowest BCUT2D eigenvalue weighted by molar-refractivity contribution is 0.500. The van der Waals surface area contributed by atoms with Crippen molar-refractivity contribution in [3.05, 3.63) is 23.9 Å². The number of nitrogens with one attached hydrogen (secondary N) is 1. The van der Waals surface area contributed by atoms with Crippen LogP contribution >= 0.6 is 0 Å². The lowest BCUT2D eigenvalue weighted by atomic mass is 9.85. The molecule has 18 heavy (non-hydrogen) atoms. The molecule has 0 aromatic heterocycles. The van der Waals surface area contributed by atoms with Gasteiger partial charge in [0.1, 0.15) is 0 Å². The van der Waals surface area contributed by atoms with Crippen LogP contribution in [-0.4, -0.2) is 11.5 Å². The zero-order chi connectivity index (χ0) is 14.1. The van der Waals surface area contributed by atoms with Crippen molar-refractivity contribution in [1.29, 1.82) is 0 Å². The molecule has 0 amide bonds. The van der Waals surface area contributed by atoms with Crippen LogP contribution in [0.2, 0.25) is 0 Å². The summed E-state index contributed by atoms with van der Waals surface area (Å²) < 4.78 is 0. The van der Waals surface area contributed by atoms with Gasteiger partial charge in [-0.1, -0.05) is 54.2 Å². The Hall–Kier alpha value is -1.38. The molecule has 3 heteroatoms. The van der Waals surface area contributed by atoms with E-state index in [1.807, 2.05) is 6.92 Å². The van der Waals surface area contributed by atoms with Crippen LogP contribution in [0.3, 0.4) is 0 Å². The van der Waals surface area contributed by atoms with Gasteiger partial charge >= 0.3 is 0 Å². The smallest absolute Gasteiger partial charge is 0.155 e. The largest absolute Gasteiger partial charge is 0.261 e. The zero-order valence-electron chi connectivity index (χ0n) is 12.7. The van der Waals surface area contributed by atoms with E-state index in [4.69, 9.17) is 0 Å². The van der Waals surface area contributed by atoms with Crippen molar-refractivity contribution in [3.63, 3.8) is 0 Å². The van der Waals surface area contributed by atoms with Gasteiger partial charge in [-0.2, -0.15) is 5.10 Å². The van der Waals surface area contributed by atoms with Gasteiger partial charge in [-0.05, 0) is 6.92 Å². The van der Waals surface area contributed by atoms with Crippen LogP contribution in [0, 0.1) is 10.8 Å². The Morgan fingerprint density at radius 3 is 2.17 bits per heavy atom. The van der Waals surface area contributed by atoms with Crippen LogP contribution in [0.15, 0.2) is 34.0 Å². The summed E-state index contributed by atoms with van der Waals surface area (Å²) in [4.78, 5) is 4.59. The Kier molecular flexibility index (Phi) is 3.84. The summed E-state index contributed by atoms with van der Waals surface area (Å²) in [5, 5.41) is 4.40. The van der Waals surface area contributed by atoms with E-state index in [9.17, 15) is 0 Å². The third-order valence-electron chi connectivity index (χ3n) is 2.90. The molecule has 0 bridgehead atoms. The van der Waals surface area contributed by atoms with Crippen LogP contribution < -0.4 is 5.43 Å². The fourth-order valence-electron chi connectivity index (χ4n) is 1.57. The van der Waals surface area contributed by atoms with Crippen molar-refractivity contribution in [2.24, 2.45) is 20.9 Å². The summed E-state index contributed by atoms with van der Waals surface area (Å²) in [5.74, 6) is 0.808. The maximum Gasteiger partial charge on any atom is 0.155 e. The quantitative estimate of drug-likeness (QED) is 0.749. The maximum absolute atomic E-state index is 4.59. The first kappa shape index (κ1) is 14.7. The van der Waals surface area contributed by atoms with E-state index >= 15 is 0 Å². The minimum absolute atomic E-state index is 0.00911. The fourth-order valence-corrected chi connectivity index (χ4v) is 1.57. The summed E-state index contributed by atoms with van der Waals surface area (Å²) in [6.45, 7) is 18.8. The Morgan fingerprint density at radius 2 is 1.78 bits per heavy atom. The summed E-state index contributed by atoms with van der Waals surface area (Å²) >= 11 is 0. The van der Waals surface area contributed by atoms with Gasteiger partial charge in [-0.15, -0.1) is 0 Å². The van der Waals surface area contributed by atoms with E-state index in [0.717, 1.165) is 22.8 Å². The van der Waals surface area contributed by atoms with E-state index in [-0.39, 0.29) is 10.8 Å². The van der Waals surface area contributed by atoms with E-state index in [0.29, 0.717) is 0 Å². The highest BCUT2D eigenvalue weighted by molar-refractivity contribution is 6.28. The van der Waals surface area contributed by atoms with Crippen LogP contribution in [0.1, 0.15) is 48.5 Å². The molecule has 0 aromatic rings. The van der Waals surface area contributed by atoms with Crippen molar-refractivity contribution in [2.45, 2.75) is 48.5 Å². The molecular formula is C15H25N3. The Labute approximate surface area is 111 Å². The maximum atomic E-state index is 4.59. The molecule has 0 aromatic carbocycles. The van der Waals surface area contributed by atoms with Gasteiger partial charge in [0.15, 0.2) is 5.84 Å². The average molecular weight is 247 g/mol. The van der Waals surface area contributed by atoms with E-state index < -0.39 is 0 Å². The second-order valence-electron chi connectivity index (χ2n) is 6.68. The molecule has 0 unspecified atom stereocenters. The number of aliphatic imine (C=N–C) groups is 1. The zero-order valence-corrected chi connectivity index (χ0v) is 12.7. The highest BCUT2D eigenvalue weighted by Gasteiger charge is 2.30. The van der Waals surface area contributed by atoms with Crippen molar-refractivity contribution < 1.29 is 0 Å². The molecule has 100 valence electrons. The van der Waals surface area contributed by atoms with Crippen LogP contribution in [-0.2, 0) is 0 Å². The molecule has 0 fully saturated rings. The molecule has 1 heterocycles. The van der Waals surface area contributed by atoms with Gasteiger partial charge in [0.25, 0.3) is 0 Å². The molecule has 1 aliphatic rings. The van der Waals surface area contributed by atoms with Gasteiger partial charge in [-0.3, -0.25) is 5.43 Å². The second-order valence-corrected chi connectivity index (χ2v) is 6.68. The SMILES string of the molecule is C=C(N=C1NN=C(C(C)(C)C)/C1=C/C)C(C)(C)C. The van der Waals surface area contributed by atoms with E-state index in [1.165, 1.54) is 0 Å². The first-order valence-corrected chi connectivity index (χ1v) is 6.36. The summed E-state index contributed by atoms with van der Waals surface area (Å²) in [7, 11) is 0. The molecule has 1 rings (SSSR count). The predicted molar refractivity (Wildman–Crippen MR) is 79.8 cm³/mol. The number of allylic oxidation sites excluding steroid dienone is 2. The Bertz CT molecular complexity index is 437. The Balaban J connectivity index is 3.06. The van der Waals surface area contributed by atoms with Gasteiger partial charge in [-0.25, -0.2) is 4.99 Å². The standard InChI is InChI=1S/C15H25N3/c1-9-11-12(15(6,7)8)17-18-13(11)16-10(2)14(3,4)5/h9H,2H2,1,3-8H3,(H,16,18)/b11-9-. The minimum atomic E-state index is -0.0297. The summed E-state index contributed by atoms with van der Waals surface area (Å²) in [6, 6.07) is 0. The third-order valence-corrected chi connectivity index (χ3v) is 2.90. The molecule has 0 saturated heterocycles. The van der Waals surface area contributed by atoms with Crippen molar-refractivity contribution in [3.8, 4) is 0 Å². The third kappa shape index (κ3) is 3.09. The Morgan fingerprint density at radius 1 is 1.22 bits per heavy atom. The highest BCUT2D eigenvalue weighted by atomic mass is 15.3. The molecule has 0 atom stereocenters.